The molecule has 0 aliphatic carbocycles. The minimum Gasteiger partial charge on any atom is -0.507 e. The van der Waals surface area contributed by atoms with Crippen molar-refractivity contribution in [2.45, 2.75) is 59.3 Å². The average molecular weight is 421 g/mol. The molecule has 0 saturated carbocycles. The first kappa shape index (κ1) is 24.0. The van der Waals surface area contributed by atoms with Crippen LogP contribution in [0.15, 0.2) is 42.0 Å². The molecular weight excluding hydrogens is 388 g/mol. The summed E-state index contributed by atoms with van der Waals surface area (Å²) in [4.78, 5) is 12.7. The fourth-order valence-corrected chi connectivity index (χ4v) is 3.20. The Morgan fingerprint density at radius 2 is 1.58 bits per heavy atom. The lowest BCUT2D eigenvalue weighted by atomic mass is 9.78. The highest BCUT2D eigenvalue weighted by Crippen LogP contribution is 2.40. The summed E-state index contributed by atoms with van der Waals surface area (Å²) >= 11 is 0. The lowest BCUT2D eigenvalue weighted by Crippen LogP contribution is -2.18. The van der Waals surface area contributed by atoms with Crippen molar-refractivity contribution in [3.05, 3.63) is 58.7 Å². The van der Waals surface area contributed by atoms with Crippen LogP contribution in [-0.4, -0.2) is 17.6 Å². The molecule has 2 rings (SSSR count). The molecule has 5 heteroatoms. The molecule has 2 aromatic rings. The topological polar surface area (TPSA) is 82.3 Å². The van der Waals surface area contributed by atoms with Gasteiger partial charge in [0, 0.05) is 16.8 Å². The van der Waals surface area contributed by atoms with Crippen LogP contribution in [0, 0.1) is 11.3 Å². The van der Waals surface area contributed by atoms with Crippen molar-refractivity contribution < 1.29 is 14.6 Å². The fraction of sp³-hybridized carbons (Fsp3) is 0.385. The first-order valence-corrected chi connectivity index (χ1v) is 10.4. The molecule has 5 nitrogen and oxygen atoms in total. The Balaban J connectivity index is 2.43. The van der Waals surface area contributed by atoms with Crippen LogP contribution in [0.3, 0.4) is 0 Å². The molecular formula is C26H32N2O3. The second-order valence-corrected chi connectivity index (χ2v) is 9.55. The third kappa shape index (κ3) is 6.11. The maximum absolute atomic E-state index is 12.7. The number of rotatable bonds is 5. The maximum atomic E-state index is 12.7. The number of nitrogens with zero attached hydrogens (tertiary/aromatic N) is 1. The van der Waals surface area contributed by atoms with Gasteiger partial charge in [-0.05, 0) is 65.8 Å². The van der Waals surface area contributed by atoms with Crippen LogP contribution in [0.2, 0.25) is 0 Å². The average Bonchev–Trinajstić information content (AvgIpc) is 2.66. The number of phenols is 1. The van der Waals surface area contributed by atoms with E-state index >= 15 is 0 Å². The predicted octanol–water partition coefficient (Wildman–Crippen LogP) is 5.93. The second-order valence-electron chi connectivity index (χ2n) is 9.55. The number of carbonyl (C=O) groups is 1. The summed E-state index contributed by atoms with van der Waals surface area (Å²) in [6.45, 7) is 14.6. The zero-order valence-electron chi connectivity index (χ0n) is 19.5. The lowest BCUT2D eigenvalue weighted by molar-refractivity contribution is -0.112. The Morgan fingerprint density at radius 3 is 2.00 bits per heavy atom. The number of carbonyl (C=O) groups excluding carboxylic acids is 1. The van der Waals surface area contributed by atoms with E-state index in [1.165, 1.54) is 0 Å². The van der Waals surface area contributed by atoms with Crippen molar-refractivity contribution in [2.24, 2.45) is 0 Å². The quantitative estimate of drug-likeness (QED) is 0.464. The largest absolute Gasteiger partial charge is 0.507 e. The van der Waals surface area contributed by atoms with Gasteiger partial charge < -0.3 is 15.2 Å². The van der Waals surface area contributed by atoms with Gasteiger partial charge in [-0.3, -0.25) is 4.79 Å². The number of benzene rings is 2. The highest BCUT2D eigenvalue weighted by molar-refractivity contribution is 6.09. The van der Waals surface area contributed by atoms with E-state index in [2.05, 4.69) is 5.32 Å². The molecule has 0 atom stereocenters. The second kappa shape index (κ2) is 9.26. The minimum atomic E-state index is -0.491. The molecule has 0 radical (unpaired) electrons. The zero-order chi connectivity index (χ0) is 23.4. The number of nitrogens with one attached hydrogen (secondary N) is 1. The van der Waals surface area contributed by atoms with Gasteiger partial charge in [0.2, 0.25) is 0 Å². The number of hydrogen-bond donors (Lipinski definition) is 2. The van der Waals surface area contributed by atoms with Crippen molar-refractivity contribution in [3.63, 3.8) is 0 Å². The van der Waals surface area contributed by atoms with Gasteiger partial charge in [0.1, 0.15) is 23.1 Å². The van der Waals surface area contributed by atoms with Crippen LogP contribution in [0.1, 0.15) is 65.2 Å². The van der Waals surface area contributed by atoms with Crippen LogP contribution in [-0.2, 0) is 15.6 Å². The Morgan fingerprint density at radius 1 is 1.06 bits per heavy atom. The molecule has 0 saturated heterocycles. The number of amides is 1. The molecule has 0 aliphatic heterocycles. The van der Waals surface area contributed by atoms with E-state index in [-0.39, 0.29) is 22.2 Å². The van der Waals surface area contributed by atoms with Crippen LogP contribution >= 0.6 is 0 Å². The van der Waals surface area contributed by atoms with E-state index in [0.717, 1.165) is 11.1 Å². The van der Waals surface area contributed by atoms with Crippen molar-refractivity contribution in [3.8, 4) is 17.6 Å². The van der Waals surface area contributed by atoms with Crippen LogP contribution in [0.5, 0.6) is 11.5 Å². The van der Waals surface area contributed by atoms with Crippen molar-refractivity contribution >= 4 is 17.7 Å². The minimum absolute atomic E-state index is 0.0145. The molecule has 0 aliphatic rings. The first-order valence-electron chi connectivity index (χ1n) is 10.4. The molecule has 0 spiro atoms. The van der Waals surface area contributed by atoms with E-state index < -0.39 is 5.91 Å². The fourth-order valence-electron chi connectivity index (χ4n) is 3.20. The molecule has 0 unspecified atom stereocenters. The van der Waals surface area contributed by atoms with Crippen molar-refractivity contribution in [1.29, 1.82) is 5.26 Å². The highest BCUT2D eigenvalue weighted by Gasteiger charge is 2.26. The Labute approximate surface area is 185 Å². The summed E-state index contributed by atoms with van der Waals surface area (Å²) in [5, 5.41) is 23.2. The number of ether oxygens (including phenoxy) is 1. The summed E-state index contributed by atoms with van der Waals surface area (Å²) in [6.07, 6.45) is 1.56. The van der Waals surface area contributed by atoms with Gasteiger partial charge in [-0.15, -0.1) is 0 Å². The van der Waals surface area contributed by atoms with Crippen LogP contribution in [0.25, 0.3) is 6.08 Å². The molecule has 2 N–H and O–H groups in total. The van der Waals surface area contributed by atoms with Gasteiger partial charge in [-0.25, -0.2) is 0 Å². The van der Waals surface area contributed by atoms with E-state index in [0.29, 0.717) is 23.6 Å². The van der Waals surface area contributed by atoms with Gasteiger partial charge in [-0.1, -0.05) is 41.5 Å². The molecule has 31 heavy (non-hydrogen) atoms. The Kier molecular flexibility index (Phi) is 7.17. The summed E-state index contributed by atoms with van der Waals surface area (Å²) < 4.78 is 5.40. The van der Waals surface area contributed by atoms with Crippen molar-refractivity contribution in [2.75, 3.05) is 11.9 Å². The summed E-state index contributed by atoms with van der Waals surface area (Å²) in [7, 11) is 0. The lowest BCUT2D eigenvalue weighted by Gasteiger charge is -2.28. The molecule has 0 heterocycles. The standard InChI is InChI=1S/C26H32N2O3/c1-8-31-20-11-9-19(10-12-20)28-24(30)18(16-27)13-17-14-21(25(2,3)4)23(29)22(15-17)26(5,6)7/h9-15,29H,8H2,1-7H3,(H,28,30)/b18-13+. The molecule has 1 amide bonds. The zero-order valence-corrected chi connectivity index (χ0v) is 19.5. The van der Waals surface area contributed by atoms with Gasteiger partial charge in [0.25, 0.3) is 5.91 Å². The predicted molar refractivity (Wildman–Crippen MR) is 125 cm³/mol. The van der Waals surface area contributed by atoms with E-state index in [1.54, 1.807) is 30.3 Å². The van der Waals surface area contributed by atoms with Crippen molar-refractivity contribution in [1.82, 2.24) is 0 Å². The van der Waals surface area contributed by atoms with Crippen LogP contribution < -0.4 is 10.1 Å². The third-order valence-corrected chi connectivity index (χ3v) is 4.85. The number of anilines is 1. The highest BCUT2D eigenvalue weighted by atomic mass is 16.5. The van der Waals surface area contributed by atoms with Gasteiger partial charge in [0.05, 0.1) is 6.61 Å². The van der Waals surface area contributed by atoms with Gasteiger partial charge >= 0.3 is 0 Å². The molecule has 164 valence electrons. The maximum Gasteiger partial charge on any atom is 0.266 e. The Bertz CT molecular complexity index is 980. The third-order valence-electron chi connectivity index (χ3n) is 4.85. The normalized spacial score (nSPS) is 12.3. The number of aromatic hydroxyl groups is 1. The molecule has 0 fully saturated rings. The summed E-state index contributed by atoms with van der Waals surface area (Å²) in [5.41, 5.74) is 2.21. The number of nitriles is 1. The van der Waals surface area contributed by atoms with E-state index in [4.69, 9.17) is 4.74 Å². The van der Waals surface area contributed by atoms with E-state index in [1.807, 2.05) is 66.7 Å². The monoisotopic (exact) mass is 420 g/mol. The SMILES string of the molecule is CCOc1ccc(NC(=O)/C(C#N)=C/c2cc(C(C)(C)C)c(O)c(C(C)(C)C)c2)cc1. The summed E-state index contributed by atoms with van der Waals surface area (Å²) in [6, 6.07) is 12.7. The number of phenolic OH excluding ortho intramolecular Hbond substituents is 1. The summed E-state index contributed by atoms with van der Waals surface area (Å²) in [5.74, 6) is 0.480. The molecule has 0 aromatic heterocycles. The van der Waals surface area contributed by atoms with Gasteiger partial charge in [-0.2, -0.15) is 5.26 Å². The smallest absolute Gasteiger partial charge is 0.266 e. The van der Waals surface area contributed by atoms with Gasteiger partial charge in [0.15, 0.2) is 0 Å². The van der Waals surface area contributed by atoms with Crippen LogP contribution in [0.4, 0.5) is 5.69 Å². The first-order chi connectivity index (χ1) is 14.4. The Hall–Kier alpha value is -3.26. The van der Waals surface area contributed by atoms with E-state index in [9.17, 15) is 15.2 Å². The molecule has 0 bridgehead atoms. The molecule has 2 aromatic carbocycles. The number of hydrogen-bond acceptors (Lipinski definition) is 4.